The molecule has 0 N–H and O–H groups in total. The summed E-state index contributed by atoms with van der Waals surface area (Å²) in [5.41, 5.74) is -1.79. The smallest absolute Gasteiger partial charge is 0.419 e. The molecule has 0 atom stereocenters. The van der Waals surface area contributed by atoms with Gasteiger partial charge in [0.2, 0.25) is 11.7 Å². The second kappa shape index (κ2) is 5.47. The molecule has 1 heterocycles. The zero-order valence-corrected chi connectivity index (χ0v) is 10.6. The maximum Gasteiger partial charge on any atom is 0.419 e. The lowest BCUT2D eigenvalue weighted by molar-refractivity contribution is -0.140. The molecule has 0 unspecified atom stereocenters. The van der Waals surface area contributed by atoms with Crippen LogP contribution in [0.5, 0.6) is 5.88 Å². The average Bonchev–Trinajstić information content (AvgIpc) is 2.45. The molecule has 0 saturated carbocycles. The van der Waals surface area contributed by atoms with Gasteiger partial charge in [-0.1, -0.05) is 6.07 Å². The van der Waals surface area contributed by atoms with Gasteiger partial charge in [0.1, 0.15) is 17.8 Å². The summed E-state index contributed by atoms with van der Waals surface area (Å²) in [5, 5.41) is 0. The highest BCUT2D eigenvalue weighted by Gasteiger charge is 2.34. The molecule has 1 aromatic heterocycles. The Kier molecular flexibility index (Phi) is 3.88. The number of alkyl halides is 3. The molecule has 2 aromatic rings. The second-order valence-corrected chi connectivity index (χ2v) is 3.97. The SMILES string of the molecule is COc1cc(C(=O)c2ccc(C(F)(F)F)c(F)c2)ncn1. The summed E-state index contributed by atoms with van der Waals surface area (Å²) in [7, 11) is 1.33. The van der Waals surface area contributed by atoms with Crippen molar-refractivity contribution in [2.24, 2.45) is 0 Å². The average molecular weight is 300 g/mol. The molecule has 2 rings (SSSR count). The number of hydrogen-bond acceptors (Lipinski definition) is 4. The molecular weight excluding hydrogens is 292 g/mol. The van der Waals surface area contributed by atoms with Crippen molar-refractivity contribution >= 4 is 5.78 Å². The predicted octanol–water partition coefficient (Wildman–Crippen LogP) is 2.87. The molecule has 21 heavy (non-hydrogen) atoms. The number of nitrogens with zero attached hydrogens (tertiary/aromatic N) is 2. The number of carbonyl (C=O) groups is 1. The Morgan fingerprint density at radius 1 is 1.19 bits per heavy atom. The number of ether oxygens (including phenoxy) is 1. The molecule has 0 aliphatic heterocycles. The van der Waals surface area contributed by atoms with E-state index in [-0.39, 0.29) is 17.1 Å². The third-order valence-electron chi connectivity index (χ3n) is 2.62. The third kappa shape index (κ3) is 3.15. The Bertz CT molecular complexity index is 686. The molecule has 4 nitrogen and oxygen atoms in total. The molecule has 1 aromatic carbocycles. The van der Waals surface area contributed by atoms with Crippen molar-refractivity contribution in [1.29, 1.82) is 0 Å². The summed E-state index contributed by atoms with van der Waals surface area (Å²) >= 11 is 0. The van der Waals surface area contributed by atoms with Gasteiger partial charge >= 0.3 is 6.18 Å². The molecule has 0 fully saturated rings. The Morgan fingerprint density at radius 3 is 2.48 bits per heavy atom. The minimum atomic E-state index is -4.82. The van der Waals surface area contributed by atoms with Gasteiger partial charge in [0.05, 0.1) is 12.7 Å². The largest absolute Gasteiger partial charge is 0.481 e. The molecule has 0 amide bonds. The minimum absolute atomic E-state index is 0.110. The first-order chi connectivity index (χ1) is 9.82. The van der Waals surface area contributed by atoms with Crippen LogP contribution >= 0.6 is 0 Å². The van der Waals surface area contributed by atoms with E-state index < -0.39 is 23.3 Å². The van der Waals surface area contributed by atoms with Gasteiger partial charge in [0.15, 0.2) is 0 Å². The van der Waals surface area contributed by atoms with Crippen molar-refractivity contribution in [2.45, 2.75) is 6.18 Å². The van der Waals surface area contributed by atoms with E-state index >= 15 is 0 Å². The highest BCUT2D eigenvalue weighted by atomic mass is 19.4. The van der Waals surface area contributed by atoms with Crippen LogP contribution in [0, 0.1) is 5.82 Å². The number of benzene rings is 1. The van der Waals surface area contributed by atoms with Gasteiger partial charge < -0.3 is 4.74 Å². The van der Waals surface area contributed by atoms with Crippen molar-refractivity contribution < 1.29 is 27.1 Å². The Morgan fingerprint density at radius 2 is 1.90 bits per heavy atom. The number of hydrogen-bond donors (Lipinski definition) is 0. The first kappa shape index (κ1) is 14.9. The number of aromatic nitrogens is 2. The number of rotatable bonds is 3. The molecule has 110 valence electrons. The fourth-order valence-electron chi connectivity index (χ4n) is 1.61. The summed E-state index contributed by atoms with van der Waals surface area (Å²) < 4.78 is 55.6. The van der Waals surface area contributed by atoms with Crippen molar-refractivity contribution in [3.05, 3.63) is 53.2 Å². The van der Waals surface area contributed by atoms with Crippen LogP contribution < -0.4 is 4.74 Å². The van der Waals surface area contributed by atoms with Gasteiger partial charge in [0.25, 0.3) is 0 Å². The van der Waals surface area contributed by atoms with E-state index in [1.54, 1.807) is 0 Å². The minimum Gasteiger partial charge on any atom is -0.481 e. The maximum atomic E-state index is 13.4. The maximum absolute atomic E-state index is 13.4. The van der Waals surface area contributed by atoms with Crippen molar-refractivity contribution in [3.8, 4) is 5.88 Å². The quantitative estimate of drug-likeness (QED) is 0.646. The molecule has 0 bridgehead atoms. The van der Waals surface area contributed by atoms with Gasteiger partial charge in [0, 0.05) is 11.6 Å². The molecule has 0 aliphatic rings. The summed E-state index contributed by atoms with van der Waals surface area (Å²) in [5.74, 6) is -2.14. The van der Waals surface area contributed by atoms with E-state index in [1.807, 2.05) is 0 Å². The van der Waals surface area contributed by atoms with E-state index in [0.29, 0.717) is 12.1 Å². The van der Waals surface area contributed by atoms with Crippen LogP contribution in [0.15, 0.2) is 30.6 Å². The summed E-state index contributed by atoms with van der Waals surface area (Å²) in [6, 6.07) is 3.14. The zero-order valence-electron chi connectivity index (χ0n) is 10.6. The third-order valence-corrected chi connectivity index (χ3v) is 2.62. The molecule has 0 saturated heterocycles. The second-order valence-electron chi connectivity index (χ2n) is 3.97. The summed E-state index contributed by atoms with van der Waals surface area (Å²) in [6.45, 7) is 0. The first-order valence-electron chi connectivity index (χ1n) is 5.60. The standard InChI is InChI=1S/C13H8F4N2O2/c1-21-11-5-10(18-6-19-11)12(20)7-2-3-8(9(14)4-7)13(15,16)17/h2-6H,1H3. The topological polar surface area (TPSA) is 52.1 Å². The molecule has 0 aliphatic carbocycles. The summed E-state index contributed by atoms with van der Waals surface area (Å²) in [6.07, 6.45) is -3.75. The van der Waals surface area contributed by atoms with Crippen molar-refractivity contribution in [2.75, 3.05) is 7.11 Å². The first-order valence-corrected chi connectivity index (χ1v) is 5.60. The van der Waals surface area contributed by atoms with E-state index in [0.717, 1.165) is 12.4 Å². The van der Waals surface area contributed by atoms with E-state index in [1.165, 1.54) is 13.2 Å². The normalized spacial score (nSPS) is 11.3. The van der Waals surface area contributed by atoms with Crippen LogP contribution in [-0.2, 0) is 6.18 Å². The van der Waals surface area contributed by atoms with Crippen molar-refractivity contribution in [1.82, 2.24) is 9.97 Å². The van der Waals surface area contributed by atoms with Crippen LogP contribution in [-0.4, -0.2) is 22.9 Å². The lowest BCUT2D eigenvalue weighted by atomic mass is 10.0. The van der Waals surface area contributed by atoms with Crippen molar-refractivity contribution in [3.63, 3.8) is 0 Å². The zero-order chi connectivity index (χ0) is 15.6. The van der Waals surface area contributed by atoms with Gasteiger partial charge in [-0.15, -0.1) is 0 Å². The van der Waals surface area contributed by atoms with Crippen LogP contribution in [0.1, 0.15) is 21.6 Å². The van der Waals surface area contributed by atoms with Crippen LogP contribution in [0.4, 0.5) is 17.6 Å². The Balaban J connectivity index is 2.38. The molecule has 8 heteroatoms. The molecular formula is C13H8F4N2O2. The highest BCUT2D eigenvalue weighted by molar-refractivity contribution is 6.07. The monoisotopic (exact) mass is 300 g/mol. The highest BCUT2D eigenvalue weighted by Crippen LogP contribution is 2.31. The van der Waals surface area contributed by atoms with E-state index in [2.05, 4.69) is 9.97 Å². The van der Waals surface area contributed by atoms with Gasteiger partial charge in [-0.05, 0) is 12.1 Å². The fourth-order valence-corrected chi connectivity index (χ4v) is 1.61. The Labute approximate surface area is 116 Å². The molecule has 0 radical (unpaired) electrons. The fraction of sp³-hybridized carbons (Fsp3) is 0.154. The van der Waals surface area contributed by atoms with Gasteiger partial charge in [-0.3, -0.25) is 4.79 Å². The lowest BCUT2D eigenvalue weighted by Crippen LogP contribution is -2.11. The number of halogens is 4. The van der Waals surface area contributed by atoms with Crippen LogP contribution in [0.25, 0.3) is 0 Å². The number of carbonyl (C=O) groups excluding carboxylic acids is 1. The van der Waals surface area contributed by atoms with Crippen LogP contribution in [0.3, 0.4) is 0 Å². The number of methoxy groups -OCH3 is 1. The number of ketones is 1. The lowest BCUT2D eigenvalue weighted by Gasteiger charge is -2.09. The Hall–Kier alpha value is -2.51. The van der Waals surface area contributed by atoms with Gasteiger partial charge in [-0.2, -0.15) is 13.2 Å². The van der Waals surface area contributed by atoms with E-state index in [4.69, 9.17) is 4.74 Å². The van der Waals surface area contributed by atoms with Gasteiger partial charge in [-0.25, -0.2) is 14.4 Å². The van der Waals surface area contributed by atoms with Crippen LogP contribution in [0.2, 0.25) is 0 Å². The summed E-state index contributed by atoms with van der Waals surface area (Å²) in [4.78, 5) is 19.4. The predicted molar refractivity (Wildman–Crippen MR) is 63.4 cm³/mol. The molecule has 0 spiro atoms. The van der Waals surface area contributed by atoms with E-state index in [9.17, 15) is 22.4 Å².